The first-order chi connectivity index (χ1) is 7.53. The molecule has 3 heteroatoms. The fourth-order valence-electron chi connectivity index (χ4n) is 2.65. The molecular formula is C13H18ClNO. The average Bonchev–Trinajstić information content (AvgIpc) is 2.24. The van der Waals surface area contributed by atoms with E-state index >= 15 is 0 Å². The molecule has 1 aromatic rings. The van der Waals surface area contributed by atoms with E-state index in [1.54, 1.807) is 6.07 Å². The summed E-state index contributed by atoms with van der Waals surface area (Å²) in [7, 11) is 0. The van der Waals surface area contributed by atoms with Gasteiger partial charge in [-0.05, 0) is 43.0 Å². The first-order valence-corrected chi connectivity index (χ1v) is 6.19. The van der Waals surface area contributed by atoms with Crippen molar-refractivity contribution in [1.29, 1.82) is 0 Å². The lowest BCUT2D eigenvalue weighted by atomic mass is 9.76. The highest BCUT2D eigenvalue weighted by molar-refractivity contribution is 6.32. The van der Waals surface area contributed by atoms with E-state index in [0.29, 0.717) is 5.02 Å². The zero-order valence-electron chi connectivity index (χ0n) is 9.59. The van der Waals surface area contributed by atoms with Crippen LogP contribution in [-0.4, -0.2) is 5.11 Å². The van der Waals surface area contributed by atoms with Gasteiger partial charge in [0.15, 0.2) is 0 Å². The van der Waals surface area contributed by atoms with Crippen LogP contribution in [0.3, 0.4) is 0 Å². The van der Waals surface area contributed by atoms with E-state index < -0.39 is 0 Å². The van der Waals surface area contributed by atoms with Gasteiger partial charge in [0.2, 0.25) is 0 Å². The van der Waals surface area contributed by atoms with Gasteiger partial charge < -0.3 is 10.8 Å². The lowest BCUT2D eigenvalue weighted by Gasteiger charge is -2.35. The molecule has 2 rings (SSSR count). The van der Waals surface area contributed by atoms with Crippen LogP contribution >= 0.6 is 11.6 Å². The van der Waals surface area contributed by atoms with E-state index in [1.807, 2.05) is 13.0 Å². The second-order valence-corrected chi connectivity index (χ2v) is 5.24. The fourth-order valence-corrected chi connectivity index (χ4v) is 2.82. The van der Waals surface area contributed by atoms with Gasteiger partial charge in [-0.2, -0.15) is 0 Å². The van der Waals surface area contributed by atoms with Gasteiger partial charge in [-0.1, -0.05) is 30.9 Å². The Labute approximate surface area is 101 Å². The summed E-state index contributed by atoms with van der Waals surface area (Å²) >= 11 is 5.96. The number of aromatic hydroxyl groups is 1. The molecule has 88 valence electrons. The molecule has 0 radical (unpaired) electrons. The molecule has 0 atom stereocenters. The van der Waals surface area contributed by atoms with Crippen LogP contribution in [0.15, 0.2) is 12.1 Å². The highest BCUT2D eigenvalue weighted by atomic mass is 35.5. The van der Waals surface area contributed by atoms with Crippen molar-refractivity contribution in [2.24, 2.45) is 5.73 Å². The summed E-state index contributed by atoms with van der Waals surface area (Å²) in [6.45, 7) is 1.98. The largest absolute Gasteiger partial charge is 0.506 e. The molecule has 1 aliphatic carbocycles. The second-order valence-electron chi connectivity index (χ2n) is 4.84. The van der Waals surface area contributed by atoms with Crippen LogP contribution < -0.4 is 5.73 Å². The fraction of sp³-hybridized carbons (Fsp3) is 0.538. The maximum absolute atomic E-state index is 9.53. The molecule has 1 saturated carbocycles. The second kappa shape index (κ2) is 4.27. The monoisotopic (exact) mass is 239 g/mol. The summed E-state index contributed by atoms with van der Waals surface area (Å²) in [4.78, 5) is 0. The Kier molecular flexibility index (Phi) is 3.13. The van der Waals surface area contributed by atoms with Gasteiger partial charge in [0.05, 0.1) is 5.02 Å². The standard InChI is InChI=1S/C13H18ClNO/c1-9-7-12(16)11(14)8-10(9)13(15)5-3-2-4-6-13/h7-8,16H,2-6,15H2,1H3. The smallest absolute Gasteiger partial charge is 0.134 e. The third-order valence-electron chi connectivity index (χ3n) is 3.58. The first-order valence-electron chi connectivity index (χ1n) is 5.81. The third-order valence-corrected chi connectivity index (χ3v) is 3.88. The minimum Gasteiger partial charge on any atom is -0.506 e. The molecule has 0 aromatic heterocycles. The van der Waals surface area contributed by atoms with Gasteiger partial charge in [0, 0.05) is 5.54 Å². The summed E-state index contributed by atoms with van der Waals surface area (Å²) < 4.78 is 0. The Balaban J connectivity index is 2.42. The number of halogens is 1. The minimum atomic E-state index is -0.250. The van der Waals surface area contributed by atoms with Crippen molar-refractivity contribution in [2.75, 3.05) is 0 Å². The Morgan fingerprint density at radius 2 is 1.88 bits per heavy atom. The highest BCUT2D eigenvalue weighted by Gasteiger charge is 2.31. The number of aryl methyl sites for hydroxylation is 1. The number of rotatable bonds is 1. The number of benzene rings is 1. The van der Waals surface area contributed by atoms with Crippen LogP contribution in [0, 0.1) is 6.92 Å². The molecule has 1 fully saturated rings. The Bertz CT molecular complexity index is 397. The van der Waals surface area contributed by atoms with Crippen molar-refractivity contribution in [1.82, 2.24) is 0 Å². The van der Waals surface area contributed by atoms with E-state index in [2.05, 4.69) is 0 Å². The summed E-state index contributed by atoms with van der Waals surface area (Å²) in [6, 6.07) is 3.54. The molecule has 2 nitrogen and oxygen atoms in total. The van der Waals surface area contributed by atoms with E-state index in [0.717, 1.165) is 24.0 Å². The summed E-state index contributed by atoms with van der Waals surface area (Å²) in [5, 5.41) is 9.93. The van der Waals surface area contributed by atoms with Crippen molar-refractivity contribution in [3.05, 3.63) is 28.3 Å². The molecule has 16 heavy (non-hydrogen) atoms. The zero-order valence-corrected chi connectivity index (χ0v) is 10.3. The van der Waals surface area contributed by atoms with Crippen molar-refractivity contribution >= 4 is 11.6 Å². The minimum absolute atomic E-state index is 0.141. The molecule has 1 aliphatic rings. The first kappa shape index (κ1) is 11.7. The van der Waals surface area contributed by atoms with E-state index in [9.17, 15) is 5.11 Å². The topological polar surface area (TPSA) is 46.2 Å². The van der Waals surface area contributed by atoms with Gasteiger partial charge in [-0.3, -0.25) is 0 Å². The molecule has 0 saturated heterocycles. The Morgan fingerprint density at radius 3 is 2.50 bits per heavy atom. The maximum atomic E-state index is 9.53. The van der Waals surface area contributed by atoms with Crippen LogP contribution in [0.4, 0.5) is 0 Å². The Hall–Kier alpha value is -0.730. The van der Waals surface area contributed by atoms with E-state index in [1.165, 1.54) is 19.3 Å². The van der Waals surface area contributed by atoms with Gasteiger partial charge in [-0.15, -0.1) is 0 Å². The normalized spacial score (nSPS) is 19.7. The SMILES string of the molecule is Cc1cc(O)c(Cl)cc1C1(N)CCCCC1. The van der Waals surface area contributed by atoms with Crippen molar-refractivity contribution in [3.63, 3.8) is 0 Å². The Morgan fingerprint density at radius 1 is 1.25 bits per heavy atom. The molecule has 0 unspecified atom stereocenters. The van der Waals surface area contributed by atoms with Crippen molar-refractivity contribution in [2.45, 2.75) is 44.6 Å². The van der Waals surface area contributed by atoms with E-state index in [-0.39, 0.29) is 11.3 Å². The highest BCUT2D eigenvalue weighted by Crippen LogP contribution is 2.39. The molecule has 0 bridgehead atoms. The van der Waals surface area contributed by atoms with Crippen molar-refractivity contribution in [3.8, 4) is 5.75 Å². The van der Waals surface area contributed by atoms with Crippen LogP contribution in [0.1, 0.15) is 43.2 Å². The molecule has 0 aliphatic heterocycles. The predicted octanol–water partition coefficient (Wildman–Crippen LogP) is 3.47. The zero-order chi connectivity index (χ0) is 11.8. The maximum Gasteiger partial charge on any atom is 0.134 e. The number of nitrogens with two attached hydrogens (primary N) is 1. The van der Waals surface area contributed by atoms with Gasteiger partial charge in [-0.25, -0.2) is 0 Å². The van der Waals surface area contributed by atoms with Crippen LogP contribution in [0.5, 0.6) is 5.75 Å². The molecule has 3 N–H and O–H groups in total. The van der Waals surface area contributed by atoms with Crippen LogP contribution in [0.25, 0.3) is 0 Å². The number of hydrogen-bond donors (Lipinski definition) is 2. The summed E-state index contributed by atoms with van der Waals surface area (Å²) in [5.41, 5.74) is 8.34. The molecule has 1 aromatic carbocycles. The molecule has 0 amide bonds. The lowest BCUT2D eigenvalue weighted by molar-refractivity contribution is 0.301. The van der Waals surface area contributed by atoms with Gasteiger partial charge in [0.25, 0.3) is 0 Å². The summed E-state index contributed by atoms with van der Waals surface area (Å²) in [5.74, 6) is 0.141. The quantitative estimate of drug-likeness (QED) is 0.788. The predicted molar refractivity (Wildman–Crippen MR) is 66.8 cm³/mol. The molecule has 0 spiro atoms. The van der Waals surface area contributed by atoms with Gasteiger partial charge >= 0.3 is 0 Å². The van der Waals surface area contributed by atoms with E-state index in [4.69, 9.17) is 17.3 Å². The lowest BCUT2D eigenvalue weighted by Crippen LogP contribution is -2.39. The average molecular weight is 240 g/mol. The van der Waals surface area contributed by atoms with Crippen molar-refractivity contribution < 1.29 is 5.11 Å². The van der Waals surface area contributed by atoms with Crippen LogP contribution in [0.2, 0.25) is 5.02 Å². The number of phenolic OH excluding ortho intramolecular Hbond substituents is 1. The van der Waals surface area contributed by atoms with Gasteiger partial charge in [0.1, 0.15) is 5.75 Å². The number of hydrogen-bond acceptors (Lipinski definition) is 2. The molecular weight excluding hydrogens is 222 g/mol. The van der Waals surface area contributed by atoms with Crippen LogP contribution in [-0.2, 0) is 5.54 Å². The third kappa shape index (κ3) is 2.04. The number of phenols is 1. The molecule has 0 heterocycles. The summed E-state index contributed by atoms with van der Waals surface area (Å²) in [6.07, 6.45) is 5.64.